The smallest absolute Gasteiger partial charge is 0.258 e. The topological polar surface area (TPSA) is 68.6 Å². The molecule has 0 saturated carbocycles. The number of pyridine rings is 1. The number of piperidine rings is 1. The molecule has 1 fully saturated rings. The molecule has 0 N–H and O–H groups in total. The van der Waals surface area contributed by atoms with Crippen LogP contribution in [0.1, 0.15) is 23.6 Å². The average molecular weight is 451 g/mol. The van der Waals surface area contributed by atoms with E-state index in [1.54, 1.807) is 35.7 Å². The Morgan fingerprint density at radius 2 is 1.66 bits per heavy atom. The van der Waals surface area contributed by atoms with E-state index in [1.165, 1.54) is 0 Å². The van der Waals surface area contributed by atoms with Crippen LogP contribution in [0.25, 0.3) is 11.1 Å². The van der Waals surface area contributed by atoms with Crippen molar-refractivity contribution in [2.24, 2.45) is 5.92 Å². The second-order valence-corrected chi connectivity index (χ2v) is 10.6. The van der Waals surface area contributed by atoms with Crippen molar-refractivity contribution in [1.29, 1.82) is 0 Å². The van der Waals surface area contributed by atoms with E-state index >= 15 is 0 Å². The highest BCUT2D eigenvalue weighted by molar-refractivity contribution is 7.89. The number of rotatable bonds is 4. The zero-order chi connectivity index (χ0) is 22.5. The first kappa shape index (κ1) is 21.0. The van der Waals surface area contributed by atoms with Crippen molar-refractivity contribution in [1.82, 2.24) is 8.87 Å². The molecule has 0 spiro atoms. The highest BCUT2D eigenvalue weighted by atomic mass is 32.2. The molecular weight excluding hydrogens is 424 g/mol. The molecule has 0 amide bonds. The summed E-state index contributed by atoms with van der Waals surface area (Å²) < 4.78 is 35.2. The molecular formula is C25H26N2O4S. The first-order chi connectivity index (χ1) is 15.4. The number of benzene rings is 2. The second kappa shape index (κ2) is 7.90. The predicted octanol–water partition coefficient (Wildman–Crippen LogP) is 3.64. The van der Waals surface area contributed by atoms with Crippen LogP contribution in [0, 0.1) is 12.8 Å². The fourth-order valence-corrected chi connectivity index (χ4v) is 6.64. The highest BCUT2D eigenvalue weighted by Gasteiger charge is 2.39. The molecule has 7 heteroatoms. The SMILES string of the molecule is COc1ccc(S(=O)(=O)N2CC3CC(C2)c2ccc(-c4ccccc4C)c(=O)n2C3)cc1. The van der Waals surface area contributed by atoms with Crippen LogP contribution in [0.4, 0.5) is 0 Å². The Morgan fingerprint density at radius 3 is 2.38 bits per heavy atom. The van der Waals surface area contributed by atoms with Gasteiger partial charge in [0.2, 0.25) is 10.0 Å². The third kappa shape index (κ3) is 3.45. The molecule has 1 aromatic heterocycles. The third-order valence-corrected chi connectivity index (χ3v) is 8.55. The van der Waals surface area contributed by atoms with Gasteiger partial charge >= 0.3 is 0 Å². The number of aromatic nitrogens is 1. The van der Waals surface area contributed by atoms with Gasteiger partial charge in [0.15, 0.2) is 0 Å². The number of hydrogen-bond acceptors (Lipinski definition) is 4. The Morgan fingerprint density at radius 1 is 0.906 bits per heavy atom. The van der Waals surface area contributed by atoms with Crippen molar-refractivity contribution in [2.45, 2.75) is 30.7 Å². The lowest BCUT2D eigenvalue weighted by Gasteiger charge is -2.42. The Bertz CT molecular complexity index is 1330. The first-order valence-corrected chi connectivity index (χ1v) is 12.3. The number of hydrogen-bond donors (Lipinski definition) is 0. The quantitative estimate of drug-likeness (QED) is 0.609. The van der Waals surface area contributed by atoms with Crippen LogP contribution >= 0.6 is 0 Å². The van der Waals surface area contributed by atoms with Crippen LogP contribution < -0.4 is 10.3 Å². The molecule has 166 valence electrons. The van der Waals surface area contributed by atoms with Crippen LogP contribution in [0.2, 0.25) is 0 Å². The van der Waals surface area contributed by atoms with Crippen molar-refractivity contribution in [3.05, 3.63) is 82.3 Å². The molecule has 2 aliphatic heterocycles. The maximum absolute atomic E-state index is 13.4. The van der Waals surface area contributed by atoms with Gasteiger partial charge in [-0.05, 0) is 66.8 Å². The van der Waals surface area contributed by atoms with E-state index in [9.17, 15) is 13.2 Å². The summed E-state index contributed by atoms with van der Waals surface area (Å²) in [6.07, 6.45) is 0.901. The minimum atomic E-state index is -3.61. The van der Waals surface area contributed by atoms with Gasteiger partial charge in [-0.25, -0.2) is 8.42 Å². The lowest BCUT2D eigenvalue weighted by atomic mass is 9.83. The molecule has 3 aromatic rings. The van der Waals surface area contributed by atoms with Crippen LogP contribution in [-0.2, 0) is 16.6 Å². The van der Waals surface area contributed by atoms with Crippen molar-refractivity contribution < 1.29 is 13.2 Å². The van der Waals surface area contributed by atoms with E-state index in [0.717, 1.165) is 23.2 Å². The van der Waals surface area contributed by atoms with Gasteiger partial charge in [0.05, 0.1) is 12.0 Å². The zero-order valence-corrected chi connectivity index (χ0v) is 19.0. The van der Waals surface area contributed by atoms with Crippen molar-refractivity contribution in [3.63, 3.8) is 0 Å². The number of methoxy groups -OCH3 is 1. The van der Waals surface area contributed by atoms with Gasteiger partial charge in [-0.2, -0.15) is 4.31 Å². The van der Waals surface area contributed by atoms with Gasteiger partial charge in [0, 0.05) is 36.8 Å². The standard InChI is InChI=1S/C25H26N2O4S/c1-17-5-3-4-6-22(17)23-11-12-24-19-13-18(15-27(24)25(23)28)14-26(16-19)32(29,30)21-9-7-20(31-2)8-10-21/h3-12,18-19H,13-16H2,1-2H3. The van der Waals surface area contributed by atoms with Gasteiger partial charge in [-0.15, -0.1) is 0 Å². The molecule has 0 radical (unpaired) electrons. The van der Waals surface area contributed by atoms with E-state index in [1.807, 2.05) is 47.9 Å². The van der Waals surface area contributed by atoms with Crippen LogP contribution in [0.5, 0.6) is 5.75 Å². The number of nitrogens with zero attached hydrogens (tertiary/aromatic N) is 2. The zero-order valence-electron chi connectivity index (χ0n) is 18.2. The lowest BCUT2D eigenvalue weighted by Crippen LogP contribution is -2.49. The fourth-order valence-electron chi connectivity index (χ4n) is 5.08. The molecule has 3 heterocycles. The molecule has 2 aromatic carbocycles. The Kier molecular flexibility index (Phi) is 5.18. The summed E-state index contributed by atoms with van der Waals surface area (Å²) in [5.74, 6) is 0.741. The lowest BCUT2D eigenvalue weighted by molar-refractivity contribution is 0.186. The van der Waals surface area contributed by atoms with E-state index in [-0.39, 0.29) is 22.3 Å². The van der Waals surface area contributed by atoms with Gasteiger partial charge in [0.25, 0.3) is 5.56 Å². The molecule has 32 heavy (non-hydrogen) atoms. The molecule has 2 unspecified atom stereocenters. The van der Waals surface area contributed by atoms with Crippen LogP contribution in [0.3, 0.4) is 0 Å². The maximum Gasteiger partial charge on any atom is 0.258 e. The summed E-state index contributed by atoms with van der Waals surface area (Å²) in [7, 11) is -2.05. The van der Waals surface area contributed by atoms with E-state index in [0.29, 0.717) is 30.9 Å². The maximum atomic E-state index is 13.4. The Hall–Kier alpha value is -2.90. The first-order valence-electron chi connectivity index (χ1n) is 10.8. The van der Waals surface area contributed by atoms with E-state index < -0.39 is 10.0 Å². The van der Waals surface area contributed by atoms with Gasteiger partial charge in [0.1, 0.15) is 5.75 Å². The normalized spacial score (nSPS) is 20.6. The number of fused-ring (bicyclic) bond motifs is 4. The van der Waals surface area contributed by atoms with Gasteiger partial charge < -0.3 is 9.30 Å². The minimum absolute atomic E-state index is 0.00847. The Labute approximate surface area is 188 Å². The molecule has 2 aliphatic rings. The summed E-state index contributed by atoms with van der Waals surface area (Å²) in [6.45, 7) is 3.36. The van der Waals surface area contributed by atoms with E-state index in [2.05, 4.69) is 0 Å². The monoisotopic (exact) mass is 450 g/mol. The predicted molar refractivity (Wildman–Crippen MR) is 123 cm³/mol. The average Bonchev–Trinajstić information content (AvgIpc) is 2.80. The van der Waals surface area contributed by atoms with Crippen molar-refractivity contribution in [2.75, 3.05) is 20.2 Å². The minimum Gasteiger partial charge on any atom is -0.497 e. The van der Waals surface area contributed by atoms with Crippen LogP contribution in [-0.4, -0.2) is 37.5 Å². The Balaban J connectivity index is 1.48. The molecule has 0 aliphatic carbocycles. The molecule has 6 nitrogen and oxygen atoms in total. The summed E-state index contributed by atoms with van der Waals surface area (Å²) in [6, 6.07) is 18.3. The fraction of sp³-hybridized carbons (Fsp3) is 0.320. The summed E-state index contributed by atoms with van der Waals surface area (Å²) in [5, 5.41) is 0. The number of sulfonamides is 1. The molecule has 5 rings (SSSR count). The second-order valence-electron chi connectivity index (χ2n) is 8.70. The number of aryl methyl sites for hydroxylation is 1. The van der Waals surface area contributed by atoms with Crippen LogP contribution in [0.15, 0.2) is 70.4 Å². The summed E-state index contributed by atoms with van der Waals surface area (Å²) >= 11 is 0. The highest BCUT2D eigenvalue weighted by Crippen LogP contribution is 2.38. The largest absolute Gasteiger partial charge is 0.497 e. The van der Waals surface area contributed by atoms with Gasteiger partial charge in [-0.1, -0.05) is 24.3 Å². The van der Waals surface area contributed by atoms with Crippen molar-refractivity contribution >= 4 is 10.0 Å². The van der Waals surface area contributed by atoms with E-state index in [4.69, 9.17) is 4.74 Å². The molecule has 2 bridgehead atoms. The summed E-state index contributed by atoms with van der Waals surface area (Å²) in [5.41, 5.74) is 3.66. The number of ether oxygens (including phenoxy) is 1. The van der Waals surface area contributed by atoms with Gasteiger partial charge in [-0.3, -0.25) is 4.79 Å². The summed E-state index contributed by atoms with van der Waals surface area (Å²) in [4.78, 5) is 13.6. The third-order valence-electron chi connectivity index (χ3n) is 6.70. The van der Waals surface area contributed by atoms with Crippen molar-refractivity contribution in [3.8, 4) is 16.9 Å². The molecule has 2 atom stereocenters. The molecule has 1 saturated heterocycles.